The number of carbonyl (C=O) groups is 2. The maximum atomic E-state index is 13.6. The van der Waals surface area contributed by atoms with Gasteiger partial charge >= 0.3 is 0 Å². The second kappa shape index (κ2) is 12.7. The fraction of sp³-hybridized carbons (Fsp3) is 0.531. The monoisotopic (exact) mass is 544 g/mol. The average molecular weight is 545 g/mol. The molecule has 3 atom stereocenters. The van der Waals surface area contributed by atoms with Crippen LogP contribution >= 0.6 is 0 Å². The quantitative estimate of drug-likeness (QED) is 0.407. The Bertz CT molecular complexity index is 1210. The van der Waals surface area contributed by atoms with Crippen molar-refractivity contribution in [1.82, 2.24) is 20.5 Å². The number of nitrogens with zero attached hydrogens (tertiary/aromatic N) is 4. The Hall–Kier alpha value is -3.55. The van der Waals surface area contributed by atoms with Crippen LogP contribution in [0, 0.1) is 19.8 Å². The zero-order valence-electron chi connectivity index (χ0n) is 24.2. The van der Waals surface area contributed by atoms with Gasteiger partial charge < -0.3 is 15.1 Å². The van der Waals surface area contributed by atoms with E-state index in [9.17, 15) is 9.59 Å². The summed E-state index contributed by atoms with van der Waals surface area (Å²) in [5.41, 5.74) is 8.06. The smallest absolute Gasteiger partial charge is 0.231 e. The van der Waals surface area contributed by atoms with Crippen LogP contribution in [0.25, 0.3) is 0 Å². The number of nitrogens with one attached hydrogen (secondary N) is 2. The molecule has 3 unspecified atom stereocenters. The molecule has 2 amide bonds. The number of rotatable bonds is 11. The zero-order chi connectivity index (χ0) is 28.1. The van der Waals surface area contributed by atoms with Crippen LogP contribution in [0.15, 0.2) is 53.6 Å². The van der Waals surface area contributed by atoms with E-state index in [1.165, 1.54) is 16.8 Å². The Morgan fingerprint density at radius 3 is 2.67 bits per heavy atom. The van der Waals surface area contributed by atoms with Gasteiger partial charge in [0, 0.05) is 50.7 Å². The summed E-state index contributed by atoms with van der Waals surface area (Å²) in [5.74, 6) is 1.16. The summed E-state index contributed by atoms with van der Waals surface area (Å²) in [7, 11) is 0. The van der Waals surface area contributed by atoms with Gasteiger partial charge in [-0.3, -0.25) is 19.9 Å². The number of hydrogen-bond acceptors (Lipinski definition) is 6. The van der Waals surface area contributed by atoms with Crippen molar-refractivity contribution in [3.8, 4) is 0 Å². The molecular weight excluding hydrogens is 500 g/mol. The summed E-state index contributed by atoms with van der Waals surface area (Å²) >= 11 is 0. The van der Waals surface area contributed by atoms with Gasteiger partial charge in [-0.05, 0) is 63.3 Å². The number of fused-ring (bicyclic) bond motifs is 3. The molecule has 2 fully saturated rings. The molecule has 0 aromatic heterocycles. The van der Waals surface area contributed by atoms with Crippen LogP contribution in [0.2, 0.25) is 0 Å². The molecule has 2 heterocycles. The van der Waals surface area contributed by atoms with Gasteiger partial charge in [0.2, 0.25) is 11.8 Å². The molecule has 2 aliphatic heterocycles. The lowest BCUT2D eigenvalue weighted by molar-refractivity contribution is -0.156. The first-order chi connectivity index (χ1) is 19.4. The van der Waals surface area contributed by atoms with E-state index < -0.39 is 0 Å². The van der Waals surface area contributed by atoms with Crippen LogP contribution in [-0.2, 0) is 16.1 Å². The summed E-state index contributed by atoms with van der Waals surface area (Å²) in [4.78, 5) is 33.0. The molecule has 2 aromatic rings. The molecule has 1 aliphatic carbocycles. The second-order valence-corrected chi connectivity index (χ2v) is 11.5. The average Bonchev–Trinajstić information content (AvgIpc) is 3.39. The van der Waals surface area contributed by atoms with Gasteiger partial charge in [0.15, 0.2) is 6.29 Å². The highest BCUT2D eigenvalue weighted by molar-refractivity contribution is 5.91. The minimum absolute atomic E-state index is 0.00992. The zero-order valence-corrected chi connectivity index (χ0v) is 24.2. The van der Waals surface area contributed by atoms with Gasteiger partial charge in [0.1, 0.15) is 5.84 Å². The van der Waals surface area contributed by atoms with Crippen molar-refractivity contribution in [3.63, 3.8) is 0 Å². The third-order valence-corrected chi connectivity index (χ3v) is 8.58. The summed E-state index contributed by atoms with van der Waals surface area (Å²) in [6, 6.07) is 17.1. The van der Waals surface area contributed by atoms with Crippen molar-refractivity contribution in [3.05, 3.63) is 65.2 Å². The second-order valence-electron chi connectivity index (χ2n) is 11.5. The van der Waals surface area contributed by atoms with Gasteiger partial charge in [-0.25, -0.2) is 0 Å². The number of aryl methyl sites for hydroxylation is 2. The number of amidine groups is 1. The summed E-state index contributed by atoms with van der Waals surface area (Å²) < 4.78 is 0. The molecule has 0 radical (unpaired) electrons. The first-order valence-electron chi connectivity index (χ1n) is 15.0. The fourth-order valence-electron chi connectivity index (χ4n) is 6.40. The highest BCUT2D eigenvalue weighted by Gasteiger charge is 2.50. The normalized spacial score (nSPS) is 21.8. The van der Waals surface area contributed by atoms with E-state index in [1.54, 1.807) is 0 Å². The van der Waals surface area contributed by atoms with E-state index in [0.29, 0.717) is 25.9 Å². The Balaban J connectivity index is 1.15. The van der Waals surface area contributed by atoms with Crippen LogP contribution in [0.1, 0.15) is 68.6 Å². The van der Waals surface area contributed by atoms with Gasteiger partial charge in [-0.15, -0.1) is 0 Å². The minimum atomic E-state index is -0.284. The van der Waals surface area contributed by atoms with Gasteiger partial charge in [-0.2, -0.15) is 5.10 Å². The van der Waals surface area contributed by atoms with Crippen LogP contribution in [-0.4, -0.2) is 59.4 Å². The van der Waals surface area contributed by atoms with Gasteiger partial charge in [-0.1, -0.05) is 54.8 Å². The van der Waals surface area contributed by atoms with E-state index in [2.05, 4.69) is 94.9 Å². The lowest BCUT2D eigenvalue weighted by Gasteiger charge is -2.50. The van der Waals surface area contributed by atoms with Crippen LogP contribution in [0.5, 0.6) is 0 Å². The Morgan fingerprint density at radius 1 is 1.10 bits per heavy atom. The molecule has 40 heavy (non-hydrogen) atoms. The minimum Gasteiger partial charge on any atom is -0.372 e. The summed E-state index contributed by atoms with van der Waals surface area (Å²) in [5, 5.41) is 7.77. The highest BCUT2D eigenvalue weighted by Crippen LogP contribution is 2.38. The molecule has 8 nitrogen and oxygen atoms in total. The largest absolute Gasteiger partial charge is 0.372 e. The third kappa shape index (κ3) is 6.26. The molecular formula is C32H44N6O2. The van der Waals surface area contributed by atoms with E-state index in [4.69, 9.17) is 0 Å². The van der Waals surface area contributed by atoms with Crippen molar-refractivity contribution in [1.29, 1.82) is 0 Å². The number of anilines is 1. The van der Waals surface area contributed by atoms with Crippen molar-refractivity contribution in [2.45, 2.75) is 84.6 Å². The number of hydrazone groups is 1. The third-order valence-electron chi connectivity index (χ3n) is 8.58. The summed E-state index contributed by atoms with van der Waals surface area (Å²) in [6.07, 6.45) is 5.69. The SMILES string of the molecule is CCN(CCCNC(=O)CCC1=NNC2N(Cc3ccc(C)cc3)C(=O)C3CCCCC3N12)c1cccc(C)c1. The number of carbonyl (C=O) groups excluding carboxylic acids is 2. The van der Waals surface area contributed by atoms with E-state index >= 15 is 0 Å². The predicted octanol–water partition coefficient (Wildman–Crippen LogP) is 4.52. The topological polar surface area (TPSA) is 80.3 Å². The highest BCUT2D eigenvalue weighted by atomic mass is 16.2. The molecule has 8 heteroatoms. The summed E-state index contributed by atoms with van der Waals surface area (Å²) in [6.45, 7) is 9.40. The molecule has 1 saturated heterocycles. The molecule has 5 rings (SSSR count). The van der Waals surface area contributed by atoms with Crippen LogP contribution in [0.4, 0.5) is 5.69 Å². The number of amides is 2. The van der Waals surface area contributed by atoms with Crippen molar-refractivity contribution in [2.24, 2.45) is 11.0 Å². The maximum absolute atomic E-state index is 13.6. The van der Waals surface area contributed by atoms with Crippen LogP contribution in [0.3, 0.4) is 0 Å². The van der Waals surface area contributed by atoms with Gasteiger partial charge in [0.25, 0.3) is 0 Å². The van der Waals surface area contributed by atoms with Crippen LogP contribution < -0.4 is 15.6 Å². The molecule has 2 N–H and O–H groups in total. The first kappa shape index (κ1) is 28.0. The van der Waals surface area contributed by atoms with Crippen molar-refractivity contribution >= 4 is 23.3 Å². The number of hydrogen-bond donors (Lipinski definition) is 2. The van der Waals surface area contributed by atoms with E-state index in [0.717, 1.165) is 56.6 Å². The molecule has 2 aromatic carbocycles. The van der Waals surface area contributed by atoms with E-state index in [1.807, 2.05) is 4.90 Å². The molecule has 214 valence electrons. The van der Waals surface area contributed by atoms with Crippen molar-refractivity contribution in [2.75, 3.05) is 24.5 Å². The Labute approximate surface area is 238 Å². The maximum Gasteiger partial charge on any atom is 0.231 e. The standard InChI is InChI=1S/C32H44N6O2/c1-4-36(26-10-7-9-24(3)21-26)20-8-19-33-30(39)18-17-29-34-35-32-37(22-25-15-13-23(2)14-16-25)31(40)27-11-5-6-12-28(27)38(29)32/h7,9-10,13-16,21,27-28,32,35H,4-6,8,11-12,17-20,22H2,1-3H3,(H,33,39). The molecule has 1 saturated carbocycles. The lowest BCUT2D eigenvalue weighted by atomic mass is 9.80. The number of benzene rings is 2. The Morgan fingerprint density at radius 2 is 1.90 bits per heavy atom. The molecule has 0 spiro atoms. The lowest BCUT2D eigenvalue weighted by Crippen LogP contribution is -2.67. The van der Waals surface area contributed by atoms with E-state index in [-0.39, 0.29) is 30.1 Å². The van der Waals surface area contributed by atoms with Crippen molar-refractivity contribution < 1.29 is 9.59 Å². The fourth-order valence-corrected chi connectivity index (χ4v) is 6.40. The Kier molecular flexibility index (Phi) is 8.92. The molecule has 3 aliphatic rings. The molecule has 0 bridgehead atoms. The predicted molar refractivity (Wildman–Crippen MR) is 160 cm³/mol. The first-order valence-corrected chi connectivity index (χ1v) is 15.0. The van der Waals surface area contributed by atoms with Gasteiger partial charge in [0.05, 0.1) is 5.92 Å².